The molecule has 0 amide bonds. The lowest BCUT2D eigenvalue weighted by Crippen LogP contribution is -2.45. The summed E-state index contributed by atoms with van der Waals surface area (Å²) in [5.74, 6) is 0.0180. The normalized spacial score (nSPS) is 17.2. The Morgan fingerprint density at radius 3 is 2.88 bits per heavy atom. The highest BCUT2D eigenvalue weighted by Gasteiger charge is 2.32. The van der Waals surface area contributed by atoms with Crippen molar-refractivity contribution in [3.63, 3.8) is 0 Å². The summed E-state index contributed by atoms with van der Waals surface area (Å²) >= 11 is 0. The number of nitrogen functional groups attached to an aromatic ring is 1. The number of nitrogens with zero attached hydrogens (tertiary/aromatic N) is 4. The minimum atomic E-state index is -0.431. The summed E-state index contributed by atoms with van der Waals surface area (Å²) in [4.78, 5) is 34.8. The zero-order chi connectivity index (χ0) is 18.3. The molecule has 9 heteroatoms. The highest BCUT2D eigenvalue weighted by molar-refractivity contribution is 5.76. The number of ether oxygens (including phenoxy) is 1. The molecular formula is C17H18N6O3. The molecule has 2 aromatic heterocycles. The molecule has 0 aliphatic carbocycles. The number of aromatic nitrogens is 4. The molecule has 0 fully saturated rings. The number of carbonyl (C=O) groups is 1. The molecule has 0 saturated carbocycles. The topological polar surface area (TPSA) is 119 Å². The number of methoxy groups -OCH3 is 1. The van der Waals surface area contributed by atoms with Crippen molar-refractivity contribution in [2.24, 2.45) is 0 Å². The monoisotopic (exact) mass is 354 g/mol. The molecule has 3 aromatic rings. The number of fused-ring (bicyclic) bond motifs is 2. The largest absolute Gasteiger partial charge is 0.468 e. The van der Waals surface area contributed by atoms with Crippen LogP contribution in [0.25, 0.3) is 5.78 Å². The summed E-state index contributed by atoms with van der Waals surface area (Å²) in [6.07, 6.45) is 0.555. The maximum absolute atomic E-state index is 12.3. The number of nitrogens with two attached hydrogens (primary N) is 1. The summed E-state index contributed by atoms with van der Waals surface area (Å²) in [6.45, 7) is 0.895. The van der Waals surface area contributed by atoms with E-state index in [1.165, 1.54) is 17.7 Å². The molecule has 3 heterocycles. The van der Waals surface area contributed by atoms with Crippen LogP contribution in [0.3, 0.4) is 0 Å². The number of aromatic amines is 1. The highest BCUT2D eigenvalue weighted by atomic mass is 16.5. The Hall–Kier alpha value is -3.20. The van der Waals surface area contributed by atoms with Crippen molar-refractivity contribution in [3.05, 3.63) is 57.5 Å². The second kappa shape index (κ2) is 6.26. The van der Waals surface area contributed by atoms with E-state index in [0.717, 1.165) is 11.1 Å². The quantitative estimate of drug-likeness (QED) is 0.640. The molecule has 1 aliphatic heterocycles. The predicted molar refractivity (Wildman–Crippen MR) is 93.2 cm³/mol. The lowest BCUT2D eigenvalue weighted by atomic mass is 9.94. The van der Waals surface area contributed by atoms with Gasteiger partial charge in [0, 0.05) is 19.2 Å². The highest BCUT2D eigenvalue weighted by Crippen LogP contribution is 2.25. The van der Waals surface area contributed by atoms with Crippen LogP contribution in [-0.2, 0) is 29.0 Å². The first kappa shape index (κ1) is 16.3. The van der Waals surface area contributed by atoms with E-state index in [2.05, 4.69) is 15.1 Å². The SMILES string of the molecule is COC(=O)[C@H]1Cc2ccccc2CN1Cc1cc(=O)n2[nH]c(N)nc2n1. The first-order chi connectivity index (χ1) is 12.5. The Balaban J connectivity index is 1.69. The van der Waals surface area contributed by atoms with Gasteiger partial charge in [-0.1, -0.05) is 24.3 Å². The van der Waals surface area contributed by atoms with Crippen LogP contribution in [0.15, 0.2) is 35.1 Å². The zero-order valence-electron chi connectivity index (χ0n) is 14.2. The number of anilines is 1. The van der Waals surface area contributed by atoms with Gasteiger partial charge in [0.05, 0.1) is 12.8 Å². The van der Waals surface area contributed by atoms with Crippen molar-refractivity contribution in [2.75, 3.05) is 12.8 Å². The molecule has 0 bridgehead atoms. The minimum Gasteiger partial charge on any atom is -0.468 e. The van der Waals surface area contributed by atoms with Gasteiger partial charge in [-0.25, -0.2) is 4.98 Å². The van der Waals surface area contributed by atoms with E-state index in [1.54, 1.807) is 0 Å². The molecule has 1 atom stereocenters. The molecule has 1 aromatic carbocycles. The van der Waals surface area contributed by atoms with Crippen LogP contribution < -0.4 is 11.3 Å². The van der Waals surface area contributed by atoms with Gasteiger partial charge in [0.1, 0.15) is 6.04 Å². The summed E-state index contributed by atoms with van der Waals surface area (Å²) in [5, 5.41) is 2.63. The second-order valence-electron chi connectivity index (χ2n) is 6.25. The number of H-pyrrole nitrogens is 1. The predicted octanol–water partition coefficient (Wildman–Crippen LogP) is 0.0997. The van der Waals surface area contributed by atoms with Gasteiger partial charge in [0.25, 0.3) is 11.3 Å². The average molecular weight is 354 g/mol. The Labute approximate surface area is 148 Å². The van der Waals surface area contributed by atoms with Crippen LogP contribution >= 0.6 is 0 Å². The standard InChI is InChI=1S/C17H18N6O3/c1-26-15(25)13-6-10-4-2-3-5-11(10)8-22(13)9-12-7-14(24)23-17(19-12)20-16(18)21-23/h2-5,7,13H,6,8-9H2,1H3,(H3,18,19,20,21)/t13-/m1/s1. The smallest absolute Gasteiger partial charge is 0.323 e. The van der Waals surface area contributed by atoms with Crippen molar-refractivity contribution < 1.29 is 9.53 Å². The van der Waals surface area contributed by atoms with E-state index in [0.29, 0.717) is 25.2 Å². The lowest BCUT2D eigenvalue weighted by Gasteiger charge is -2.34. The molecule has 134 valence electrons. The van der Waals surface area contributed by atoms with Crippen LogP contribution in [0.5, 0.6) is 0 Å². The maximum Gasteiger partial charge on any atom is 0.323 e. The van der Waals surface area contributed by atoms with Gasteiger partial charge in [0.2, 0.25) is 5.95 Å². The van der Waals surface area contributed by atoms with Crippen LogP contribution in [0.4, 0.5) is 5.95 Å². The van der Waals surface area contributed by atoms with Crippen molar-refractivity contribution in [3.8, 4) is 0 Å². The van der Waals surface area contributed by atoms with Crippen LogP contribution in [0, 0.1) is 0 Å². The Bertz CT molecular complexity index is 1040. The van der Waals surface area contributed by atoms with Gasteiger partial charge in [0.15, 0.2) is 0 Å². The van der Waals surface area contributed by atoms with E-state index < -0.39 is 6.04 Å². The first-order valence-electron chi connectivity index (χ1n) is 8.18. The molecule has 26 heavy (non-hydrogen) atoms. The summed E-state index contributed by atoms with van der Waals surface area (Å²) < 4.78 is 6.15. The van der Waals surface area contributed by atoms with E-state index in [4.69, 9.17) is 10.5 Å². The van der Waals surface area contributed by atoms with Gasteiger partial charge < -0.3 is 10.5 Å². The summed E-state index contributed by atoms with van der Waals surface area (Å²) in [6, 6.07) is 8.97. The fraction of sp³-hybridized carbons (Fsp3) is 0.294. The number of esters is 1. The third-order valence-corrected chi connectivity index (χ3v) is 4.59. The van der Waals surface area contributed by atoms with Gasteiger partial charge in [-0.05, 0) is 17.5 Å². The fourth-order valence-corrected chi connectivity index (χ4v) is 3.34. The van der Waals surface area contributed by atoms with Crippen molar-refractivity contribution in [1.82, 2.24) is 24.5 Å². The number of rotatable bonds is 3. The molecule has 9 nitrogen and oxygen atoms in total. The van der Waals surface area contributed by atoms with E-state index in [1.807, 2.05) is 29.2 Å². The van der Waals surface area contributed by atoms with Crippen molar-refractivity contribution in [2.45, 2.75) is 25.6 Å². The van der Waals surface area contributed by atoms with Crippen LogP contribution in [-0.4, -0.2) is 43.6 Å². The molecule has 3 N–H and O–H groups in total. The molecule has 4 rings (SSSR count). The maximum atomic E-state index is 12.3. The first-order valence-corrected chi connectivity index (χ1v) is 8.18. The average Bonchev–Trinajstić information content (AvgIpc) is 3.01. The Kier molecular flexibility index (Phi) is 3.92. The molecule has 0 unspecified atom stereocenters. The van der Waals surface area contributed by atoms with Crippen molar-refractivity contribution >= 4 is 17.7 Å². The van der Waals surface area contributed by atoms with Crippen LogP contribution in [0.1, 0.15) is 16.8 Å². The van der Waals surface area contributed by atoms with Gasteiger partial charge in [-0.15, -0.1) is 0 Å². The molecule has 1 aliphatic rings. The van der Waals surface area contributed by atoms with E-state index in [9.17, 15) is 9.59 Å². The fourth-order valence-electron chi connectivity index (χ4n) is 3.34. The minimum absolute atomic E-state index is 0.117. The number of hydrogen-bond donors (Lipinski definition) is 2. The zero-order valence-corrected chi connectivity index (χ0v) is 14.2. The summed E-state index contributed by atoms with van der Waals surface area (Å²) in [7, 11) is 1.38. The third-order valence-electron chi connectivity index (χ3n) is 4.59. The lowest BCUT2D eigenvalue weighted by molar-refractivity contribution is -0.148. The Morgan fingerprint density at radius 1 is 1.35 bits per heavy atom. The number of carbonyl (C=O) groups excluding carboxylic acids is 1. The van der Waals surface area contributed by atoms with Crippen LogP contribution in [0.2, 0.25) is 0 Å². The number of nitrogens with one attached hydrogen (secondary N) is 1. The number of hydrogen-bond acceptors (Lipinski definition) is 7. The van der Waals surface area contributed by atoms with E-state index in [-0.39, 0.29) is 23.3 Å². The van der Waals surface area contributed by atoms with Gasteiger partial charge >= 0.3 is 5.97 Å². The van der Waals surface area contributed by atoms with E-state index >= 15 is 0 Å². The van der Waals surface area contributed by atoms with Crippen molar-refractivity contribution in [1.29, 1.82) is 0 Å². The number of benzene rings is 1. The van der Waals surface area contributed by atoms with Gasteiger partial charge in [-0.3, -0.25) is 19.6 Å². The molecule has 0 spiro atoms. The second-order valence-corrected chi connectivity index (χ2v) is 6.25. The third kappa shape index (κ3) is 2.82. The molecular weight excluding hydrogens is 336 g/mol. The molecule has 0 saturated heterocycles. The Morgan fingerprint density at radius 2 is 2.12 bits per heavy atom. The van der Waals surface area contributed by atoms with Gasteiger partial charge in [-0.2, -0.15) is 9.50 Å². The molecule has 0 radical (unpaired) electrons. The summed E-state index contributed by atoms with van der Waals surface area (Å²) in [5.41, 5.74) is 8.08.